The highest BCUT2D eigenvalue weighted by Gasteiger charge is 2.53. The van der Waals surface area contributed by atoms with Crippen LogP contribution in [0.2, 0.25) is 0 Å². The molecule has 1 heterocycles. The number of anilines is 1. The Bertz CT molecular complexity index is 862. The molecule has 3 rings (SSSR count). The maximum Gasteiger partial charge on any atom is 0.319 e. The zero-order valence-electron chi connectivity index (χ0n) is 14.4. The van der Waals surface area contributed by atoms with Crippen molar-refractivity contribution in [3.05, 3.63) is 65.5 Å². The number of halogens is 1. The average molecular weight is 355 g/mol. The summed E-state index contributed by atoms with van der Waals surface area (Å²) in [7, 11) is 0. The van der Waals surface area contributed by atoms with Crippen LogP contribution in [0.5, 0.6) is 0 Å². The number of carbonyl (C=O) groups is 3. The van der Waals surface area contributed by atoms with E-state index in [-0.39, 0.29) is 12.2 Å². The van der Waals surface area contributed by atoms with Crippen LogP contribution in [0.1, 0.15) is 24.1 Å². The third-order valence-corrected chi connectivity index (χ3v) is 4.38. The number of amides is 1. The van der Waals surface area contributed by atoms with Gasteiger partial charge in [0.05, 0.1) is 12.6 Å². The summed E-state index contributed by atoms with van der Waals surface area (Å²) < 4.78 is 19.4. The Balaban J connectivity index is 2.16. The van der Waals surface area contributed by atoms with Crippen LogP contribution in [0, 0.1) is 18.7 Å². The lowest BCUT2D eigenvalue weighted by molar-refractivity contribution is -0.152. The smallest absolute Gasteiger partial charge is 0.319 e. The zero-order valence-corrected chi connectivity index (χ0v) is 14.4. The Morgan fingerprint density at radius 1 is 1.12 bits per heavy atom. The first-order valence-electron chi connectivity index (χ1n) is 8.30. The van der Waals surface area contributed by atoms with E-state index in [4.69, 9.17) is 4.74 Å². The van der Waals surface area contributed by atoms with Crippen molar-refractivity contribution < 1.29 is 23.5 Å². The lowest BCUT2D eigenvalue weighted by Gasteiger charge is -2.27. The number of hydrogen-bond donors (Lipinski definition) is 0. The van der Waals surface area contributed by atoms with Gasteiger partial charge in [-0.25, -0.2) is 4.39 Å². The Labute approximate surface area is 150 Å². The molecule has 0 aliphatic carbocycles. The van der Waals surface area contributed by atoms with Gasteiger partial charge in [0.25, 0.3) is 5.91 Å². The fourth-order valence-corrected chi connectivity index (χ4v) is 3.16. The van der Waals surface area contributed by atoms with Gasteiger partial charge in [0.15, 0.2) is 0 Å². The van der Waals surface area contributed by atoms with Crippen LogP contribution in [-0.4, -0.2) is 24.3 Å². The quantitative estimate of drug-likeness (QED) is 0.481. The summed E-state index contributed by atoms with van der Waals surface area (Å²) in [6.07, 6.45) is 0. The van der Waals surface area contributed by atoms with Crippen molar-refractivity contribution in [2.24, 2.45) is 5.92 Å². The summed E-state index contributed by atoms with van der Waals surface area (Å²) >= 11 is 0. The third kappa shape index (κ3) is 2.98. The van der Waals surface area contributed by atoms with Gasteiger partial charge in [-0.2, -0.15) is 0 Å². The normalized spacial score (nSPS) is 19.7. The van der Waals surface area contributed by atoms with E-state index in [0.29, 0.717) is 5.69 Å². The van der Waals surface area contributed by atoms with Gasteiger partial charge in [-0.15, -0.1) is 0 Å². The number of ketones is 1. The molecule has 0 radical (unpaired) electrons. The van der Waals surface area contributed by atoms with Gasteiger partial charge >= 0.3 is 5.97 Å². The van der Waals surface area contributed by atoms with E-state index in [9.17, 15) is 18.8 Å². The Hall–Kier alpha value is -3.02. The summed E-state index contributed by atoms with van der Waals surface area (Å²) in [5, 5.41) is 0. The van der Waals surface area contributed by atoms with Crippen molar-refractivity contribution in [2.45, 2.75) is 19.9 Å². The second-order valence-electron chi connectivity index (χ2n) is 6.07. The summed E-state index contributed by atoms with van der Waals surface area (Å²) in [6.45, 7) is 3.55. The number of ether oxygens (including phenoxy) is 1. The maximum absolute atomic E-state index is 14.5. The predicted octanol–water partition coefficient (Wildman–Crippen LogP) is 2.97. The Morgan fingerprint density at radius 3 is 2.38 bits per heavy atom. The molecule has 2 aromatic carbocycles. The second-order valence-corrected chi connectivity index (χ2v) is 6.07. The number of carbonyl (C=O) groups excluding carboxylic acids is 3. The van der Waals surface area contributed by atoms with Crippen LogP contribution in [0.25, 0.3) is 0 Å². The van der Waals surface area contributed by atoms with E-state index in [0.717, 1.165) is 5.56 Å². The van der Waals surface area contributed by atoms with Crippen LogP contribution in [0.4, 0.5) is 10.1 Å². The molecule has 134 valence electrons. The highest BCUT2D eigenvalue weighted by Crippen LogP contribution is 2.41. The van der Waals surface area contributed by atoms with Crippen molar-refractivity contribution in [3.63, 3.8) is 0 Å². The van der Waals surface area contributed by atoms with Crippen LogP contribution >= 0.6 is 0 Å². The first kappa shape index (κ1) is 17.8. The number of hydrogen-bond acceptors (Lipinski definition) is 4. The maximum atomic E-state index is 14.5. The molecule has 1 saturated heterocycles. The molecule has 0 saturated carbocycles. The molecular weight excluding hydrogens is 337 g/mol. The van der Waals surface area contributed by atoms with E-state index in [1.54, 1.807) is 37.3 Å². The largest absolute Gasteiger partial charge is 0.465 e. The summed E-state index contributed by atoms with van der Waals surface area (Å²) in [6, 6.07) is 11.6. The number of nitrogens with zero attached hydrogens (tertiary/aromatic N) is 1. The van der Waals surface area contributed by atoms with Gasteiger partial charge in [0.2, 0.25) is 5.78 Å². The molecule has 1 amide bonds. The molecule has 2 atom stereocenters. The Kier molecular flexibility index (Phi) is 4.84. The van der Waals surface area contributed by atoms with Gasteiger partial charge in [-0.3, -0.25) is 19.3 Å². The standard InChI is InChI=1S/C20H18FNO4/c1-3-26-20(25)16-17(14-6-4-5-7-15(14)21)22(19(24)18(16)23)13-10-8-12(2)9-11-13/h4-11,16-17H,3H2,1-2H3/t16-,17+/m1/s1. The van der Waals surface area contributed by atoms with Gasteiger partial charge in [-0.05, 0) is 32.0 Å². The predicted molar refractivity (Wildman–Crippen MR) is 92.9 cm³/mol. The number of aryl methyl sites for hydroxylation is 1. The van der Waals surface area contributed by atoms with E-state index in [1.165, 1.54) is 23.1 Å². The van der Waals surface area contributed by atoms with Crippen LogP contribution in [-0.2, 0) is 19.1 Å². The van der Waals surface area contributed by atoms with Crippen molar-refractivity contribution in [1.82, 2.24) is 0 Å². The fourth-order valence-electron chi connectivity index (χ4n) is 3.16. The van der Waals surface area contributed by atoms with Crippen LogP contribution in [0.3, 0.4) is 0 Å². The molecular formula is C20H18FNO4. The number of benzene rings is 2. The molecule has 1 aliphatic heterocycles. The number of rotatable bonds is 4. The molecule has 0 N–H and O–H groups in total. The Morgan fingerprint density at radius 2 is 1.77 bits per heavy atom. The minimum atomic E-state index is -1.40. The molecule has 0 bridgehead atoms. The molecule has 6 heteroatoms. The van der Waals surface area contributed by atoms with Gasteiger partial charge in [0, 0.05) is 11.3 Å². The van der Waals surface area contributed by atoms with E-state index in [2.05, 4.69) is 0 Å². The van der Waals surface area contributed by atoms with E-state index in [1.807, 2.05) is 6.92 Å². The molecule has 2 aromatic rings. The minimum Gasteiger partial charge on any atom is -0.465 e. The monoisotopic (exact) mass is 355 g/mol. The minimum absolute atomic E-state index is 0.0608. The zero-order chi connectivity index (χ0) is 18.8. The van der Waals surface area contributed by atoms with Crippen molar-refractivity contribution in [3.8, 4) is 0 Å². The van der Waals surface area contributed by atoms with Gasteiger partial charge in [-0.1, -0.05) is 35.9 Å². The molecule has 0 aromatic heterocycles. The second kappa shape index (κ2) is 7.07. The third-order valence-electron chi connectivity index (χ3n) is 4.38. The van der Waals surface area contributed by atoms with E-state index < -0.39 is 35.4 Å². The molecule has 1 fully saturated rings. The summed E-state index contributed by atoms with van der Waals surface area (Å²) in [5.41, 5.74) is 1.50. The van der Waals surface area contributed by atoms with Crippen molar-refractivity contribution in [1.29, 1.82) is 0 Å². The van der Waals surface area contributed by atoms with E-state index >= 15 is 0 Å². The number of esters is 1. The number of Topliss-reactive ketones (excluding diaryl/α,β-unsaturated/α-hetero) is 1. The molecule has 0 spiro atoms. The van der Waals surface area contributed by atoms with Crippen LogP contribution < -0.4 is 4.90 Å². The highest BCUT2D eigenvalue weighted by molar-refractivity contribution is 6.47. The summed E-state index contributed by atoms with van der Waals surface area (Å²) in [4.78, 5) is 38.8. The highest BCUT2D eigenvalue weighted by atomic mass is 19.1. The van der Waals surface area contributed by atoms with Crippen LogP contribution in [0.15, 0.2) is 48.5 Å². The summed E-state index contributed by atoms with van der Waals surface area (Å²) in [5.74, 6) is -4.56. The van der Waals surface area contributed by atoms with Gasteiger partial charge in [0.1, 0.15) is 11.7 Å². The average Bonchev–Trinajstić information content (AvgIpc) is 2.88. The van der Waals surface area contributed by atoms with Crippen molar-refractivity contribution in [2.75, 3.05) is 11.5 Å². The topological polar surface area (TPSA) is 63.7 Å². The lowest BCUT2D eigenvalue weighted by Crippen LogP contribution is -2.31. The van der Waals surface area contributed by atoms with Gasteiger partial charge < -0.3 is 4.74 Å². The SMILES string of the molecule is CCOC(=O)[C@H]1C(=O)C(=O)N(c2ccc(C)cc2)[C@H]1c1ccccc1F. The first-order valence-corrected chi connectivity index (χ1v) is 8.30. The molecule has 0 unspecified atom stereocenters. The van der Waals surface area contributed by atoms with Crippen molar-refractivity contribution >= 4 is 23.3 Å². The molecule has 26 heavy (non-hydrogen) atoms. The molecule has 5 nitrogen and oxygen atoms in total. The lowest BCUT2D eigenvalue weighted by atomic mass is 9.92. The molecule has 1 aliphatic rings. The fraction of sp³-hybridized carbons (Fsp3) is 0.250. The first-order chi connectivity index (χ1) is 12.5.